The van der Waals surface area contributed by atoms with Gasteiger partial charge in [0.05, 0.1) is 17.5 Å². The van der Waals surface area contributed by atoms with Crippen LogP contribution < -0.4 is 10.6 Å². The molecule has 3 N–H and O–H groups in total. The van der Waals surface area contributed by atoms with E-state index in [0.717, 1.165) is 44.9 Å². The number of hydrogen-bond donors (Lipinski definition) is 3. The Bertz CT molecular complexity index is 783. The molecule has 2 bridgehead atoms. The zero-order valence-corrected chi connectivity index (χ0v) is 16.2. The van der Waals surface area contributed by atoms with Gasteiger partial charge in [-0.05, 0) is 50.9 Å². The maximum Gasteiger partial charge on any atom is 0.307 e. The molecule has 8 heteroatoms. The van der Waals surface area contributed by atoms with Crippen molar-refractivity contribution in [3.05, 3.63) is 11.9 Å². The van der Waals surface area contributed by atoms with Gasteiger partial charge in [0, 0.05) is 18.8 Å². The second-order valence-electron chi connectivity index (χ2n) is 8.41. The van der Waals surface area contributed by atoms with E-state index in [0.29, 0.717) is 12.2 Å². The van der Waals surface area contributed by atoms with Crippen molar-refractivity contribution < 1.29 is 19.5 Å². The number of rotatable bonds is 6. The molecule has 1 aromatic heterocycles. The van der Waals surface area contributed by atoms with Gasteiger partial charge in [0.1, 0.15) is 0 Å². The molecule has 0 spiro atoms. The third kappa shape index (κ3) is 3.40. The molecule has 3 fully saturated rings. The number of nitrogens with zero attached hydrogens (tertiary/aromatic N) is 2. The summed E-state index contributed by atoms with van der Waals surface area (Å²) < 4.78 is 1.62. The van der Waals surface area contributed by atoms with Crippen LogP contribution in [0.1, 0.15) is 62.4 Å². The normalized spacial score (nSPS) is 29.2. The molecular weight excluding hydrogens is 360 g/mol. The maximum atomic E-state index is 13.0. The zero-order valence-electron chi connectivity index (χ0n) is 16.2. The Kier molecular flexibility index (Phi) is 5.12. The first-order valence-electron chi connectivity index (χ1n) is 10.4. The van der Waals surface area contributed by atoms with Crippen molar-refractivity contribution in [3.63, 3.8) is 0 Å². The molecule has 1 aromatic rings. The predicted molar refractivity (Wildman–Crippen MR) is 102 cm³/mol. The second-order valence-corrected chi connectivity index (χ2v) is 8.41. The van der Waals surface area contributed by atoms with Crippen molar-refractivity contribution in [2.75, 3.05) is 5.32 Å². The molecule has 1 heterocycles. The van der Waals surface area contributed by atoms with Crippen LogP contribution in [0.4, 0.5) is 5.69 Å². The predicted octanol–water partition coefficient (Wildman–Crippen LogP) is 2.26. The zero-order chi connectivity index (χ0) is 19.8. The largest absolute Gasteiger partial charge is 0.481 e. The van der Waals surface area contributed by atoms with E-state index in [1.54, 1.807) is 10.9 Å². The summed E-state index contributed by atoms with van der Waals surface area (Å²) in [4.78, 5) is 37.4. The SMILES string of the molecule is CCn1cc(NC(=O)[C@@H]2[C@H]3CC[C@@H](C3)[C@@H]2C(=O)O)c(C(=O)NC2CCCC2)n1. The van der Waals surface area contributed by atoms with Crippen molar-refractivity contribution in [3.8, 4) is 0 Å². The third-order valence-corrected chi connectivity index (χ3v) is 6.75. The molecule has 152 valence electrons. The molecule has 3 aliphatic carbocycles. The summed E-state index contributed by atoms with van der Waals surface area (Å²) in [5.74, 6) is -2.44. The van der Waals surface area contributed by atoms with Gasteiger partial charge in [-0.1, -0.05) is 12.8 Å². The monoisotopic (exact) mass is 388 g/mol. The van der Waals surface area contributed by atoms with Gasteiger partial charge >= 0.3 is 5.97 Å². The van der Waals surface area contributed by atoms with Crippen LogP contribution in [0.5, 0.6) is 0 Å². The van der Waals surface area contributed by atoms with Crippen LogP contribution in [0.3, 0.4) is 0 Å². The van der Waals surface area contributed by atoms with Gasteiger partial charge in [-0.15, -0.1) is 0 Å². The third-order valence-electron chi connectivity index (χ3n) is 6.75. The van der Waals surface area contributed by atoms with Crippen LogP contribution in [0.25, 0.3) is 0 Å². The van der Waals surface area contributed by atoms with Gasteiger partial charge in [0.15, 0.2) is 5.69 Å². The maximum absolute atomic E-state index is 13.0. The number of aryl methyl sites for hydroxylation is 1. The van der Waals surface area contributed by atoms with Gasteiger partial charge in [-0.3, -0.25) is 19.1 Å². The molecule has 0 aliphatic heterocycles. The van der Waals surface area contributed by atoms with Crippen LogP contribution in [0, 0.1) is 23.7 Å². The number of aliphatic carboxylic acids is 1. The van der Waals surface area contributed by atoms with E-state index in [1.165, 1.54) is 0 Å². The van der Waals surface area contributed by atoms with Crippen molar-refractivity contribution >= 4 is 23.5 Å². The summed E-state index contributed by atoms with van der Waals surface area (Å²) in [7, 11) is 0. The van der Waals surface area contributed by atoms with Crippen LogP contribution in [-0.2, 0) is 16.1 Å². The van der Waals surface area contributed by atoms with Crippen molar-refractivity contribution in [2.45, 2.75) is 64.5 Å². The number of carbonyl (C=O) groups excluding carboxylic acids is 2. The van der Waals surface area contributed by atoms with E-state index in [4.69, 9.17) is 0 Å². The number of amides is 2. The molecule has 3 aliphatic rings. The molecule has 28 heavy (non-hydrogen) atoms. The van der Waals surface area contributed by atoms with E-state index in [2.05, 4.69) is 15.7 Å². The number of carboxylic acids is 1. The number of hydrogen-bond acceptors (Lipinski definition) is 4. The van der Waals surface area contributed by atoms with E-state index >= 15 is 0 Å². The topological polar surface area (TPSA) is 113 Å². The Labute approximate surface area is 164 Å². The Morgan fingerprint density at radius 2 is 1.82 bits per heavy atom. The Balaban J connectivity index is 1.52. The van der Waals surface area contributed by atoms with Crippen LogP contribution in [0.2, 0.25) is 0 Å². The lowest BCUT2D eigenvalue weighted by Crippen LogP contribution is -2.38. The first-order valence-corrected chi connectivity index (χ1v) is 10.4. The smallest absolute Gasteiger partial charge is 0.307 e. The van der Waals surface area contributed by atoms with Crippen molar-refractivity contribution in [2.24, 2.45) is 23.7 Å². The lowest BCUT2D eigenvalue weighted by atomic mass is 9.78. The molecule has 0 saturated heterocycles. The molecule has 3 saturated carbocycles. The number of carbonyl (C=O) groups is 3. The Morgan fingerprint density at radius 1 is 1.14 bits per heavy atom. The number of carboxylic acid groups (broad SMARTS) is 1. The first kappa shape index (κ1) is 19.0. The fourth-order valence-corrected chi connectivity index (χ4v) is 5.41. The quantitative estimate of drug-likeness (QED) is 0.692. The first-order chi connectivity index (χ1) is 13.5. The summed E-state index contributed by atoms with van der Waals surface area (Å²) in [6.45, 7) is 2.49. The molecule has 8 nitrogen and oxygen atoms in total. The minimum atomic E-state index is -0.893. The van der Waals surface area contributed by atoms with E-state index in [1.807, 2.05) is 6.92 Å². The second kappa shape index (κ2) is 7.56. The van der Waals surface area contributed by atoms with Gasteiger partial charge in [0.2, 0.25) is 5.91 Å². The molecule has 4 atom stereocenters. The Morgan fingerprint density at radius 3 is 2.46 bits per heavy atom. The number of nitrogens with one attached hydrogen (secondary N) is 2. The fourth-order valence-electron chi connectivity index (χ4n) is 5.41. The van der Waals surface area contributed by atoms with E-state index in [9.17, 15) is 19.5 Å². The van der Waals surface area contributed by atoms with Gasteiger partial charge in [-0.25, -0.2) is 0 Å². The van der Waals surface area contributed by atoms with Crippen LogP contribution in [-0.4, -0.2) is 38.7 Å². The Hall–Kier alpha value is -2.38. The molecular formula is C20H28N4O4. The highest BCUT2D eigenvalue weighted by Gasteiger charge is 2.54. The number of fused-ring (bicyclic) bond motifs is 2. The molecule has 0 radical (unpaired) electrons. The van der Waals surface area contributed by atoms with Crippen molar-refractivity contribution in [1.82, 2.24) is 15.1 Å². The minimum absolute atomic E-state index is 0.0850. The summed E-state index contributed by atoms with van der Waals surface area (Å²) in [5, 5.41) is 19.8. The fraction of sp³-hybridized carbons (Fsp3) is 0.700. The van der Waals surface area contributed by atoms with Gasteiger partial charge in [0.25, 0.3) is 5.91 Å². The van der Waals surface area contributed by atoms with Crippen LogP contribution >= 0.6 is 0 Å². The average molecular weight is 388 g/mol. The number of aromatic nitrogens is 2. The lowest BCUT2D eigenvalue weighted by molar-refractivity contribution is -0.148. The van der Waals surface area contributed by atoms with Gasteiger partial charge < -0.3 is 15.7 Å². The van der Waals surface area contributed by atoms with E-state index in [-0.39, 0.29) is 35.4 Å². The number of anilines is 1. The standard InChI is InChI=1S/C20H28N4O4/c1-2-24-10-14(17(23-24)19(26)21-13-5-3-4-6-13)22-18(25)15-11-7-8-12(9-11)16(15)20(27)28/h10-13,15-16H,2-9H2,1H3,(H,21,26)(H,22,25)(H,27,28)/t11-,12-,15+,16-/m0/s1. The highest BCUT2D eigenvalue weighted by molar-refractivity contribution is 6.03. The summed E-state index contributed by atoms with van der Waals surface area (Å²) in [5.41, 5.74) is 0.575. The minimum Gasteiger partial charge on any atom is -0.481 e. The van der Waals surface area contributed by atoms with Crippen molar-refractivity contribution in [1.29, 1.82) is 0 Å². The summed E-state index contributed by atoms with van der Waals surface area (Å²) in [6, 6.07) is 0.157. The lowest BCUT2D eigenvalue weighted by Gasteiger charge is -2.26. The highest BCUT2D eigenvalue weighted by atomic mass is 16.4. The highest BCUT2D eigenvalue weighted by Crippen LogP contribution is 2.52. The molecule has 0 aromatic carbocycles. The van der Waals surface area contributed by atoms with Crippen LogP contribution in [0.15, 0.2) is 6.20 Å². The van der Waals surface area contributed by atoms with Gasteiger partial charge in [-0.2, -0.15) is 5.10 Å². The van der Waals surface area contributed by atoms with E-state index < -0.39 is 17.8 Å². The molecule has 4 rings (SSSR count). The summed E-state index contributed by atoms with van der Waals surface area (Å²) in [6.07, 6.45) is 8.39. The molecule has 2 amide bonds. The average Bonchev–Trinajstić information content (AvgIpc) is 3.44. The summed E-state index contributed by atoms with van der Waals surface area (Å²) >= 11 is 0. The molecule has 0 unspecified atom stereocenters.